The van der Waals surface area contributed by atoms with Crippen LogP contribution in [0.25, 0.3) is 0 Å². The van der Waals surface area contributed by atoms with Gasteiger partial charge in [0, 0.05) is 37.3 Å². The number of carbonyl (C=O) groups is 3. The third-order valence-corrected chi connectivity index (χ3v) is 6.19. The lowest BCUT2D eigenvalue weighted by Crippen LogP contribution is -2.47. The average Bonchev–Trinajstić information content (AvgIpc) is 3.30. The first-order valence-electron chi connectivity index (χ1n) is 12.1. The third kappa shape index (κ3) is 6.39. The maximum Gasteiger partial charge on any atom is 0.254 e. The molecule has 1 heterocycles. The van der Waals surface area contributed by atoms with Crippen LogP contribution in [0.2, 0.25) is 0 Å². The molecule has 0 saturated carbocycles. The highest BCUT2D eigenvalue weighted by Gasteiger charge is 2.43. The van der Waals surface area contributed by atoms with Crippen LogP contribution in [0.15, 0.2) is 48.5 Å². The van der Waals surface area contributed by atoms with Crippen molar-refractivity contribution in [2.24, 2.45) is 11.7 Å². The molecule has 188 valence electrons. The highest BCUT2D eigenvalue weighted by Crippen LogP contribution is 2.27. The molecule has 0 bridgehead atoms. The van der Waals surface area contributed by atoms with Crippen LogP contribution in [0.1, 0.15) is 46.5 Å². The first-order chi connectivity index (χ1) is 16.7. The molecule has 1 saturated heterocycles. The smallest absolute Gasteiger partial charge is 0.254 e. The van der Waals surface area contributed by atoms with Crippen molar-refractivity contribution in [2.75, 3.05) is 33.3 Å². The molecule has 1 aliphatic rings. The number of benzene rings is 2. The van der Waals surface area contributed by atoms with Crippen LogP contribution in [0.5, 0.6) is 5.75 Å². The van der Waals surface area contributed by atoms with Gasteiger partial charge >= 0.3 is 0 Å². The standard InChI is InChI=1S/C27H36N4O4/c1-18(2)16-30(26(33)21-9-11-23(35-4)12-10-21)22-15-24(25(32)29-14-13-28)31(17-22)27(34)20-7-5-19(3)6-8-20/h5-12,18,22,24H,13-17,28H2,1-4H3,(H,29,32). The molecule has 3 rings (SSSR count). The van der Waals surface area contributed by atoms with Crippen LogP contribution in [-0.2, 0) is 4.79 Å². The van der Waals surface area contributed by atoms with Crippen molar-refractivity contribution in [1.29, 1.82) is 0 Å². The van der Waals surface area contributed by atoms with Crippen LogP contribution >= 0.6 is 0 Å². The quantitative estimate of drug-likeness (QED) is 0.574. The summed E-state index contributed by atoms with van der Waals surface area (Å²) in [6, 6.07) is 13.3. The second-order valence-corrected chi connectivity index (χ2v) is 9.39. The summed E-state index contributed by atoms with van der Waals surface area (Å²) in [5.74, 6) is 0.284. The number of amides is 3. The Morgan fingerprint density at radius 1 is 1.09 bits per heavy atom. The molecule has 2 aromatic carbocycles. The molecular formula is C27H36N4O4. The minimum Gasteiger partial charge on any atom is -0.497 e. The van der Waals surface area contributed by atoms with Crippen molar-refractivity contribution in [2.45, 2.75) is 39.3 Å². The fourth-order valence-corrected chi connectivity index (χ4v) is 4.38. The molecule has 2 aromatic rings. The first-order valence-corrected chi connectivity index (χ1v) is 12.1. The first kappa shape index (κ1) is 26.2. The molecule has 0 aromatic heterocycles. The van der Waals surface area contributed by atoms with E-state index in [1.54, 1.807) is 53.3 Å². The molecule has 3 amide bonds. The van der Waals surface area contributed by atoms with Crippen LogP contribution < -0.4 is 15.8 Å². The number of nitrogens with two attached hydrogens (primary N) is 1. The lowest BCUT2D eigenvalue weighted by molar-refractivity contribution is -0.124. The summed E-state index contributed by atoms with van der Waals surface area (Å²) in [6.07, 6.45) is 0.364. The number of rotatable bonds is 9. The summed E-state index contributed by atoms with van der Waals surface area (Å²) >= 11 is 0. The van der Waals surface area contributed by atoms with Gasteiger partial charge in [-0.05, 0) is 55.7 Å². The summed E-state index contributed by atoms with van der Waals surface area (Å²) in [5.41, 5.74) is 7.68. The fourth-order valence-electron chi connectivity index (χ4n) is 4.38. The molecular weight excluding hydrogens is 444 g/mol. The van der Waals surface area contributed by atoms with Crippen molar-refractivity contribution in [3.63, 3.8) is 0 Å². The van der Waals surface area contributed by atoms with Gasteiger partial charge < -0.3 is 25.6 Å². The summed E-state index contributed by atoms with van der Waals surface area (Å²) in [4.78, 5) is 43.4. The van der Waals surface area contributed by atoms with Crippen LogP contribution in [-0.4, -0.2) is 72.9 Å². The van der Waals surface area contributed by atoms with Crippen molar-refractivity contribution in [3.05, 3.63) is 65.2 Å². The molecule has 0 aliphatic carbocycles. The van der Waals surface area contributed by atoms with Gasteiger partial charge in [0.25, 0.3) is 11.8 Å². The lowest BCUT2D eigenvalue weighted by Gasteiger charge is -2.31. The van der Waals surface area contributed by atoms with E-state index in [4.69, 9.17) is 10.5 Å². The monoisotopic (exact) mass is 480 g/mol. The van der Waals surface area contributed by atoms with Crippen LogP contribution in [0.4, 0.5) is 0 Å². The third-order valence-electron chi connectivity index (χ3n) is 6.19. The van der Waals surface area contributed by atoms with Crippen LogP contribution in [0, 0.1) is 12.8 Å². The van der Waals surface area contributed by atoms with Gasteiger partial charge in [0.2, 0.25) is 5.91 Å². The minimum absolute atomic E-state index is 0.128. The Morgan fingerprint density at radius 2 is 1.71 bits per heavy atom. The number of nitrogens with one attached hydrogen (secondary N) is 1. The molecule has 8 nitrogen and oxygen atoms in total. The number of methoxy groups -OCH3 is 1. The average molecular weight is 481 g/mol. The lowest BCUT2D eigenvalue weighted by atomic mass is 10.1. The fraction of sp³-hybridized carbons (Fsp3) is 0.444. The van der Waals surface area contributed by atoms with E-state index in [1.807, 2.05) is 32.9 Å². The molecule has 35 heavy (non-hydrogen) atoms. The van der Waals surface area contributed by atoms with E-state index in [9.17, 15) is 14.4 Å². The highest BCUT2D eigenvalue weighted by molar-refractivity contribution is 5.99. The van der Waals surface area contributed by atoms with Crippen LogP contribution in [0.3, 0.4) is 0 Å². The topological polar surface area (TPSA) is 105 Å². The molecule has 1 fully saturated rings. The van der Waals surface area contributed by atoms with E-state index in [2.05, 4.69) is 5.32 Å². The second kappa shape index (κ2) is 11.8. The van der Waals surface area contributed by atoms with E-state index < -0.39 is 6.04 Å². The Balaban J connectivity index is 1.90. The number of hydrogen-bond acceptors (Lipinski definition) is 5. The molecule has 3 N–H and O–H groups in total. The number of likely N-dealkylation sites (tertiary alicyclic amines) is 1. The van der Waals surface area contributed by atoms with Gasteiger partial charge in [-0.1, -0.05) is 31.5 Å². The second-order valence-electron chi connectivity index (χ2n) is 9.39. The van der Waals surface area contributed by atoms with Gasteiger partial charge in [-0.25, -0.2) is 0 Å². The van der Waals surface area contributed by atoms with Gasteiger partial charge in [0.15, 0.2) is 0 Å². The molecule has 1 aliphatic heterocycles. The molecule has 0 radical (unpaired) electrons. The van der Waals surface area contributed by atoms with Crippen molar-refractivity contribution < 1.29 is 19.1 Å². The number of aryl methyl sites for hydroxylation is 1. The molecule has 8 heteroatoms. The Kier molecular flexibility index (Phi) is 8.87. The van der Waals surface area contributed by atoms with Gasteiger partial charge in [0.05, 0.1) is 13.2 Å². The zero-order chi connectivity index (χ0) is 25.5. The zero-order valence-corrected chi connectivity index (χ0v) is 21.0. The summed E-state index contributed by atoms with van der Waals surface area (Å²) in [5, 5.41) is 2.82. The number of nitrogens with zero attached hydrogens (tertiary/aromatic N) is 2. The summed E-state index contributed by atoms with van der Waals surface area (Å²) < 4.78 is 5.21. The summed E-state index contributed by atoms with van der Waals surface area (Å²) in [6.45, 7) is 7.48. The predicted molar refractivity (Wildman–Crippen MR) is 135 cm³/mol. The van der Waals surface area contributed by atoms with Gasteiger partial charge in [-0.3, -0.25) is 14.4 Å². The Morgan fingerprint density at radius 3 is 2.29 bits per heavy atom. The van der Waals surface area contributed by atoms with Crippen molar-refractivity contribution in [1.82, 2.24) is 15.1 Å². The normalized spacial score (nSPS) is 17.4. The molecule has 0 spiro atoms. The Bertz CT molecular complexity index is 1020. The predicted octanol–water partition coefficient (Wildman–Crippen LogP) is 2.46. The van der Waals surface area contributed by atoms with E-state index >= 15 is 0 Å². The maximum absolute atomic E-state index is 13.6. The molecule has 2 unspecified atom stereocenters. The largest absolute Gasteiger partial charge is 0.497 e. The highest BCUT2D eigenvalue weighted by atomic mass is 16.5. The van der Waals surface area contributed by atoms with Gasteiger partial charge in [0.1, 0.15) is 11.8 Å². The minimum atomic E-state index is -0.682. The van der Waals surface area contributed by atoms with E-state index in [-0.39, 0.29) is 36.2 Å². The van der Waals surface area contributed by atoms with Crippen molar-refractivity contribution in [3.8, 4) is 5.75 Å². The Labute approximate surface area is 207 Å². The van der Waals surface area contributed by atoms with E-state index in [0.717, 1.165) is 5.56 Å². The molecule has 2 atom stereocenters. The van der Waals surface area contributed by atoms with Crippen molar-refractivity contribution >= 4 is 17.7 Å². The maximum atomic E-state index is 13.6. The Hall–Kier alpha value is -3.39. The number of carbonyl (C=O) groups excluding carboxylic acids is 3. The van der Waals surface area contributed by atoms with E-state index in [0.29, 0.717) is 42.9 Å². The number of hydrogen-bond donors (Lipinski definition) is 2. The number of ether oxygens (including phenoxy) is 1. The summed E-state index contributed by atoms with van der Waals surface area (Å²) in [7, 11) is 1.58. The van der Waals surface area contributed by atoms with Gasteiger partial charge in [-0.2, -0.15) is 0 Å². The zero-order valence-electron chi connectivity index (χ0n) is 21.0. The SMILES string of the molecule is COc1ccc(C(=O)N(CC(C)C)C2CC(C(=O)NCCN)N(C(=O)c3ccc(C)cc3)C2)cc1. The van der Waals surface area contributed by atoms with E-state index in [1.165, 1.54) is 0 Å². The van der Waals surface area contributed by atoms with Gasteiger partial charge in [-0.15, -0.1) is 0 Å².